The molecule has 0 aliphatic rings. The molecule has 0 bridgehead atoms. The zero-order valence-electron chi connectivity index (χ0n) is 19.7. The van der Waals surface area contributed by atoms with E-state index in [-0.39, 0.29) is 18.1 Å². The van der Waals surface area contributed by atoms with Crippen molar-refractivity contribution in [2.75, 3.05) is 19.0 Å². The molecule has 0 atom stereocenters. The number of ether oxygens (including phenoxy) is 2. The molecule has 0 aliphatic carbocycles. The Morgan fingerprint density at radius 3 is 2.64 bits per heavy atom. The summed E-state index contributed by atoms with van der Waals surface area (Å²) in [4.78, 5) is 29.8. The van der Waals surface area contributed by atoms with Gasteiger partial charge in [0.2, 0.25) is 0 Å². The van der Waals surface area contributed by atoms with Crippen LogP contribution in [-0.4, -0.2) is 35.5 Å². The number of halogens is 2. The van der Waals surface area contributed by atoms with Crippen LogP contribution in [0.3, 0.4) is 0 Å². The van der Waals surface area contributed by atoms with Gasteiger partial charge >= 0.3 is 0 Å². The number of anilines is 1. The summed E-state index contributed by atoms with van der Waals surface area (Å²) in [6.45, 7) is 3.44. The van der Waals surface area contributed by atoms with Crippen molar-refractivity contribution in [2.45, 2.75) is 13.8 Å². The maximum absolute atomic E-state index is 13.0. The summed E-state index contributed by atoms with van der Waals surface area (Å²) in [6, 6.07) is 16.2. The lowest BCUT2D eigenvalue weighted by Gasteiger charge is -2.13. The Labute approximate surface area is 224 Å². The molecule has 0 saturated carbocycles. The van der Waals surface area contributed by atoms with Gasteiger partial charge in [-0.3, -0.25) is 9.59 Å². The number of fused-ring (bicyclic) bond motifs is 1. The number of nitrogens with zero attached hydrogens (tertiary/aromatic N) is 3. The van der Waals surface area contributed by atoms with Crippen LogP contribution in [-0.2, 0) is 4.79 Å². The minimum Gasteiger partial charge on any atom is -0.493 e. The molecule has 1 heterocycles. The molecule has 10 heteroatoms. The van der Waals surface area contributed by atoms with Gasteiger partial charge in [-0.2, -0.15) is 9.78 Å². The summed E-state index contributed by atoms with van der Waals surface area (Å²) in [5.74, 6) is 0.951. The van der Waals surface area contributed by atoms with Gasteiger partial charge in [-0.1, -0.05) is 34.1 Å². The third-order valence-corrected chi connectivity index (χ3v) is 6.52. The number of aryl methyl sites for hydroxylation is 2. The summed E-state index contributed by atoms with van der Waals surface area (Å²) in [5.41, 5.74) is 2.65. The number of nitrogens with one attached hydrogen (secondary N) is 1. The van der Waals surface area contributed by atoms with E-state index in [0.717, 1.165) is 15.7 Å². The quantitative estimate of drug-likeness (QED) is 0.280. The highest BCUT2D eigenvalue weighted by atomic mass is 79.9. The highest BCUT2D eigenvalue weighted by Gasteiger charge is 2.13. The zero-order chi connectivity index (χ0) is 25.8. The normalized spacial score (nSPS) is 11.1. The molecule has 8 nitrogen and oxygen atoms in total. The van der Waals surface area contributed by atoms with Gasteiger partial charge in [0.15, 0.2) is 18.1 Å². The van der Waals surface area contributed by atoms with E-state index in [1.807, 2.05) is 37.3 Å². The molecule has 36 heavy (non-hydrogen) atoms. The second-order valence-corrected chi connectivity index (χ2v) is 9.63. The number of hydrogen-bond donors (Lipinski definition) is 1. The summed E-state index contributed by atoms with van der Waals surface area (Å²) in [7, 11) is 1.50. The predicted molar refractivity (Wildman–Crippen MR) is 147 cm³/mol. The first kappa shape index (κ1) is 25.6. The number of hydrogen-bond acceptors (Lipinski definition) is 6. The van der Waals surface area contributed by atoms with E-state index in [2.05, 4.69) is 47.3 Å². The molecule has 0 aliphatic heterocycles. The fourth-order valence-electron chi connectivity index (χ4n) is 3.48. The fraction of sp³-hybridized carbons (Fsp3) is 0.154. The number of carbonyl (C=O) groups is 1. The van der Waals surface area contributed by atoms with Crippen molar-refractivity contribution in [1.82, 2.24) is 9.66 Å². The Morgan fingerprint density at radius 1 is 1.11 bits per heavy atom. The Hall–Kier alpha value is -3.50. The maximum Gasteiger partial charge on any atom is 0.282 e. The maximum atomic E-state index is 13.0. The van der Waals surface area contributed by atoms with Gasteiger partial charge in [-0.05, 0) is 71.7 Å². The second kappa shape index (κ2) is 11.0. The van der Waals surface area contributed by atoms with Crippen LogP contribution < -0.4 is 20.3 Å². The monoisotopic (exact) mass is 612 g/mol. The van der Waals surface area contributed by atoms with Crippen molar-refractivity contribution >= 4 is 60.6 Å². The lowest BCUT2D eigenvalue weighted by molar-refractivity contribution is -0.118. The van der Waals surface area contributed by atoms with E-state index >= 15 is 0 Å². The smallest absolute Gasteiger partial charge is 0.282 e. The Kier molecular flexibility index (Phi) is 7.85. The fourth-order valence-corrected chi connectivity index (χ4v) is 4.27. The molecule has 1 N–H and O–H groups in total. The molecule has 0 saturated heterocycles. The van der Waals surface area contributed by atoms with E-state index in [1.54, 1.807) is 31.2 Å². The summed E-state index contributed by atoms with van der Waals surface area (Å²) < 4.78 is 13.8. The standard InChI is InChI=1S/C26H22Br2N4O4/c1-15-6-4-5-7-21(15)31-25(33)14-36-24-12-20(28)17(10-23(24)35-3)13-29-32-16(2)30-22-9-8-18(27)11-19(22)26(32)34/h4-13H,14H2,1-3H3,(H,31,33). The third kappa shape index (κ3) is 5.66. The van der Waals surface area contributed by atoms with Gasteiger partial charge in [0.05, 0.1) is 24.2 Å². The lowest BCUT2D eigenvalue weighted by Crippen LogP contribution is -2.21. The number of rotatable bonds is 7. The van der Waals surface area contributed by atoms with Crippen LogP contribution >= 0.6 is 31.9 Å². The molecule has 3 aromatic carbocycles. The molecule has 184 valence electrons. The predicted octanol–water partition coefficient (Wildman–Crippen LogP) is 5.45. The van der Waals surface area contributed by atoms with Crippen molar-refractivity contribution in [3.05, 3.63) is 90.8 Å². The molecule has 0 fully saturated rings. The highest BCUT2D eigenvalue weighted by Crippen LogP contribution is 2.33. The number of carbonyl (C=O) groups excluding carboxylic acids is 1. The van der Waals surface area contributed by atoms with Crippen LogP contribution in [0.15, 0.2) is 73.4 Å². The van der Waals surface area contributed by atoms with Crippen molar-refractivity contribution in [3.8, 4) is 11.5 Å². The van der Waals surface area contributed by atoms with Crippen molar-refractivity contribution in [3.63, 3.8) is 0 Å². The molecular formula is C26H22Br2N4O4. The molecular weight excluding hydrogens is 592 g/mol. The molecule has 0 unspecified atom stereocenters. The van der Waals surface area contributed by atoms with Crippen LogP contribution in [0.25, 0.3) is 10.9 Å². The van der Waals surface area contributed by atoms with E-state index in [1.165, 1.54) is 18.0 Å². The van der Waals surface area contributed by atoms with E-state index in [9.17, 15) is 9.59 Å². The van der Waals surface area contributed by atoms with Crippen LogP contribution in [0.2, 0.25) is 0 Å². The molecule has 0 spiro atoms. The van der Waals surface area contributed by atoms with Gasteiger partial charge in [-0.15, -0.1) is 0 Å². The lowest BCUT2D eigenvalue weighted by atomic mass is 10.2. The van der Waals surface area contributed by atoms with E-state index in [0.29, 0.717) is 38.3 Å². The van der Waals surface area contributed by atoms with Gasteiger partial charge in [0.25, 0.3) is 11.5 Å². The molecule has 4 aromatic rings. The second-order valence-electron chi connectivity index (χ2n) is 7.86. The number of benzene rings is 3. The number of aromatic nitrogens is 2. The largest absolute Gasteiger partial charge is 0.493 e. The van der Waals surface area contributed by atoms with Crippen LogP contribution in [0.5, 0.6) is 11.5 Å². The number of para-hydroxylation sites is 1. The first-order chi connectivity index (χ1) is 17.3. The molecule has 4 rings (SSSR count). The van der Waals surface area contributed by atoms with Crippen molar-refractivity contribution in [1.29, 1.82) is 0 Å². The van der Waals surface area contributed by atoms with Crippen LogP contribution in [0, 0.1) is 13.8 Å². The average molecular weight is 614 g/mol. The molecule has 0 radical (unpaired) electrons. The topological polar surface area (TPSA) is 94.8 Å². The Balaban J connectivity index is 1.55. The summed E-state index contributed by atoms with van der Waals surface area (Å²) in [5, 5.41) is 7.65. The zero-order valence-corrected chi connectivity index (χ0v) is 22.9. The molecule has 1 amide bonds. The van der Waals surface area contributed by atoms with Crippen molar-refractivity contribution in [2.24, 2.45) is 5.10 Å². The summed E-state index contributed by atoms with van der Waals surface area (Å²) in [6.07, 6.45) is 1.53. The van der Waals surface area contributed by atoms with E-state index in [4.69, 9.17) is 9.47 Å². The van der Waals surface area contributed by atoms with E-state index < -0.39 is 0 Å². The average Bonchev–Trinajstić information content (AvgIpc) is 2.85. The van der Waals surface area contributed by atoms with Crippen molar-refractivity contribution < 1.29 is 14.3 Å². The van der Waals surface area contributed by atoms with Gasteiger partial charge < -0.3 is 14.8 Å². The highest BCUT2D eigenvalue weighted by molar-refractivity contribution is 9.10. The molecule has 1 aromatic heterocycles. The van der Waals surface area contributed by atoms with Crippen LogP contribution in [0.1, 0.15) is 17.0 Å². The first-order valence-electron chi connectivity index (χ1n) is 10.9. The minimum absolute atomic E-state index is 0.197. The van der Waals surface area contributed by atoms with Gasteiger partial charge in [-0.25, -0.2) is 4.98 Å². The number of amides is 1. The Morgan fingerprint density at radius 2 is 1.89 bits per heavy atom. The number of methoxy groups -OCH3 is 1. The SMILES string of the molecule is COc1cc(C=Nn2c(C)nc3ccc(Br)cc3c2=O)c(Br)cc1OCC(=O)Nc1ccccc1C. The minimum atomic E-state index is -0.293. The van der Waals surface area contributed by atoms with Gasteiger partial charge in [0.1, 0.15) is 5.82 Å². The Bertz CT molecular complexity index is 1550. The van der Waals surface area contributed by atoms with Gasteiger partial charge in [0, 0.05) is 20.2 Å². The third-order valence-electron chi connectivity index (χ3n) is 5.34. The van der Waals surface area contributed by atoms with Crippen LogP contribution in [0.4, 0.5) is 5.69 Å². The summed E-state index contributed by atoms with van der Waals surface area (Å²) >= 11 is 6.89. The first-order valence-corrected chi connectivity index (χ1v) is 12.4.